The quantitative estimate of drug-likeness (QED) is 0.640. The van der Waals surface area contributed by atoms with Crippen LogP contribution in [0.25, 0.3) is 0 Å². The molecule has 3 aromatic rings. The van der Waals surface area contributed by atoms with E-state index in [9.17, 15) is 9.59 Å². The number of hydrogen-bond acceptors (Lipinski definition) is 3. The summed E-state index contributed by atoms with van der Waals surface area (Å²) in [6.45, 7) is 0.216. The zero-order chi connectivity index (χ0) is 18.9. The summed E-state index contributed by atoms with van der Waals surface area (Å²) in [5.74, 6) is -0.582. The maximum atomic E-state index is 12.5. The third kappa shape index (κ3) is 5.54. The van der Waals surface area contributed by atoms with Gasteiger partial charge in [-0.3, -0.25) is 9.59 Å². The van der Waals surface area contributed by atoms with Crippen molar-refractivity contribution in [3.63, 3.8) is 0 Å². The molecule has 0 aliphatic heterocycles. The maximum Gasteiger partial charge on any atom is 0.308 e. The van der Waals surface area contributed by atoms with Gasteiger partial charge in [0.1, 0.15) is 6.61 Å². The van der Waals surface area contributed by atoms with Gasteiger partial charge < -0.3 is 10.1 Å². The van der Waals surface area contributed by atoms with Gasteiger partial charge in [0.05, 0.1) is 12.5 Å². The molecule has 1 N–H and O–H groups in total. The fourth-order valence-electron chi connectivity index (χ4n) is 2.73. The molecule has 0 saturated carbocycles. The van der Waals surface area contributed by atoms with E-state index in [1.54, 1.807) is 24.3 Å². The first-order valence-electron chi connectivity index (χ1n) is 8.83. The summed E-state index contributed by atoms with van der Waals surface area (Å²) >= 11 is 0. The van der Waals surface area contributed by atoms with E-state index in [2.05, 4.69) is 5.32 Å². The van der Waals surface area contributed by atoms with Gasteiger partial charge in [0.25, 0.3) is 5.91 Å². The summed E-state index contributed by atoms with van der Waals surface area (Å²) in [6.07, 6.45) is 0.0649. The predicted molar refractivity (Wildman–Crippen MR) is 104 cm³/mol. The maximum absolute atomic E-state index is 12.5. The average molecular weight is 359 g/mol. The summed E-state index contributed by atoms with van der Waals surface area (Å²) in [7, 11) is 0. The largest absolute Gasteiger partial charge is 0.461 e. The average Bonchev–Trinajstić information content (AvgIpc) is 2.74. The van der Waals surface area contributed by atoms with Crippen molar-refractivity contribution in [2.45, 2.75) is 19.1 Å². The molecule has 0 radical (unpaired) electrons. The Kier molecular flexibility index (Phi) is 6.36. The number of carbonyl (C=O) groups is 2. The standard InChI is InChI=1S/C23H21NO3/c25-22(27-17-18-10-4-1-5-11-18)16-21(19-12-6-2-7-13-19)24-23(26)20-14-8-3-9-15-20/h1-15,21H,16-17H2,(H,24,26)/t21-/m0/s1. The van der Waals surface area contributed by atoms with Crippen LogP contribution in [-0.2, 0) is 16.1 Å². The Labute approximate surface area is 158 Å². The van der Waals surface area contributed by atoms with Crippen LogP contribution in [0.4, 0.5) is 0 Å². The molecule has 0 spiro atoms. The Hall–Kier alpha value is -3.40. The number of benzene rings is 3. The first-order valence-corrected chi connectivity index (χ1v) is 8.83. The molecule has 0 aliphatic carbocycles. The minimum Gasteiger partial charge on any atom is -0.461 e. The number of hydrogen-bond donors (Lipinski definition) is 1. The summed E-state index contributed by atoms with van der Waals surface area (Å²) < 4.78 is 5.38. The number of carbonyl (C=O) groups excluding carboxylic acids is 2. The lowest BCUT2D eigenvalue weighted by Crippen LogP contribution is -2.30. The van der Waals surface area contributed by atoms with E-state index >= 15 is 0 Å². The van der Waals surface area contributed by atoms with Gasteiger partial charge in [-0.25, -0.2) is 0 Å². The van der Waals surface area contributed by atoms with Crippen molar-refractivity contribution < 1.29 is 14.3 Å². The predicted octanol–water partition coefficient (Wildman–Crippen LogP) is 4.29. The minimum atomic E-state index is -0.456. The van der Waals surface area contributed by atoms with Crippen LogP contribution in [0.5, 0.6) is 0 Å². The Bertz CT molecular complexity index is 864. The van der Waals surface area contributed by atoms with Crippen molar-refractivity contribution in [1.82, 2.24) is 5.32 Å². The van der Waals surface area contributed by atoms with Crippen LogP contribution in [0, 0.1) is 0 Å². The van der Waals surface area contributed by atoms with Gasteiger partial charge in [0, 0.05) is 5.56 Å². The van der Waals surface area contributed by atoms with Crippen molar-refractivity contribution in [2.24, 2.45) is 0 Å². The van der Waals surface area contributed by atoms with Crippen molar-refractivity contribution in [1.29, 1.82) is 0 Å². The van der Waals surface area contributed by atoms with Crippen LogP contribution in [-0.4, -0.2) is 11.9 Å². The SMILES string of the molecule is O=C(C[C@H](NC(=O)c1ccccc1)c1ccccc1)OCc1ccccc1. The fraction of sp³-hybridized carbons (Fsp3) is 0.130. The van der Waals surface area contributed by atoms with E-state index in [4.69, 9.17) is 4.74 Å². The molecule has 1 atom stereocenters. The number of rotatable bonds is 7. The lowest BCUT2D eigenvalue weighted by molar-refractivity contribution is -0.145. The molecule has 0 fully saturated rings. The highest BCUT2D eigenvalue weighted by molar-refractivity contribution is 5.94. The molecule has 0 unspecified atom stereocenters. The molecule has 0 aliphatic rings. The highest BCUT2D eigenvalue weighted by atomic mass is 16.5. The number of ether oxygens (including phenoxy) is 1. The van der Waals surface area contributed by atoms with E-state index in [0.29, 0.717) is 5.56 Å². The van der Waals surface area contributed by atoms with Crippen LogP contribution < -0.4 is 5.32 Å². The topological polar surface area (TPSA) is 55.4 Å². The lowest BCUT2D eigenvalue weighted by Gasteiger charge is -2.19. The molecule has 1 amide bonds. The Morgan fingerprint density at radius 3 is 1.96 bits per heavy atom. The van der Waals surface area contributed by atoms with E-state index < -0.39 is 6.04 Å². The second kappa shape index (κ2) is 9.34. The van der Waals surface area contributed by atoms with Gasteiger partial charge in [0.2, 0.25) is 0 Å². The summed E-state index contributed by atoms with van der Waals surface area (Å²) in [5, 5.41) is 2.94. The molecule has 4 nitrogen and oxygen atoms in total. The molecule has 0 bridgehead atoms. The molecular weight excluding hydrogens is 338 g/mol. The summed E-state index contributed by atoms with van der Waals surface area (Å²) in [4.78, 5) is 24.9. The highest BCUT2D eigenvalue weighted by Crippen LogP contribution is 2.18. The third-order valence-electron chi connectivity index (χ3n) is 4.16. The minimum absolute atomic E-state index is 0.0649. The van der Waals surface area contributed by atoms with Crippen LogP contribution in [0.1, 0.15) is 33.9 Å². The van der Waals surface area contributed by atoms with Crippen molar-refractivity contribution in [2.75, 3.05) is 0 Å². The molecule has 4 heteroatoms. The van der Waals surface area contributed by atoms with Gasteiger partial charge >= 0.3 is 5.97 Å². The van der Waals surface area contributed by atoms with E-state index in [-0.39, 0.29) is 24.9 Å². The van der Waals surface area contributed by atoms with Crippen molar-refractivity contribution in [3.05, 3.63) is 108 Å². The second-order valence-electron chi connectivity index (χ2n) is 6.15. The monoisotopic (exact) mass is 359 g/mol. The van der Waals surface area contributed by atoms with Gasteiger partial charge in [-0.1, -0.05) is 78.9 Å². The van der Waals surface area contributed by atoms with Crippen molar-refractivity contribution >= 4 is 11.9 Å². The van der Waals surface area contributed by atoms with Crippen LogP contribution >= 0.6 is 0 Å². The van der Waals surface area contributed by atoms with E-state index in [1.165, 1.54) is 0 Å². The third-order valence-corrected chi connectivity index (χ3v) is 4.16. The Morgan fingerprint density at radius 1 is 0.778 bits per heavy atom. The molecular formula is C23H21NO3. The smallest absolute Gasteiger partial charge is 0.308 e. The van der Waals surface area contributed by atoms with Gasteiger partial charge in [-0.15, -0.1) is 0 Å². The molecule has 3 aromatic carbocycles. The summed E-state index contributed by atoms with van der Waals surface area (Å²) in [6, 6.07) is 27.4. The first kappa shape index (κ1) is 18.4. The number of nitrogens with one attached hydrogen (secondary N) is 1. The highest BCUT2D eigenvalue weighted by Gasteiger charge is 2.20. The van der Waals surface area contributed by atoms with Crippen LogP contribution in [0.2, 0.25) is 0 Å². The molecule has 3 rings (SSSR count). The molecule has 136 valence electrons. The van der Waals surface area contributed by atoms with Crippen LogP contribution in [0.3, 0.4) is 0 Å². The Morgan fingerprint density at radius 2 is 1.33 bits per heavy atom. The molecule has 0 heterocycles. The van der Waals surface area contributed by atoms with Gasteiger partial charge in [-0.05, 0) is 23.3 Å². The number of esters is 1. The Balaban J connectivity index is 1.67. The zero-order valence-electron chi connectivity index (χ0n) is 14.9. The first-order chi connectivity index (χ1) is 13.2. The zero-order valence-corrected chi connectivity index (χ0v) is 14.9. The normalized spacial score (nSPS) is 11.4. The molecule has 0 aromatic heterocycles. The van der Waals surface area contributed by atoms with Gasteiger partial charge in [0.15, 0.2) is 0 Å². The van der Waals surface area contributed by atoms with E-state index in [1.807, 2.05) is 66.7 Å². The second-order valence-corrected chi connectivity index (χ2v) is 6.15. The van der Waals surface area contributed by atoms with Crippen molar-refractivity contribution in [3.8, 4) is 0 Å². The van der Waals surface area contributed by atoms with E-state index in [0.717, 1.165) is 11.1 Å². The van der Waals surface area contributed by atoms with Crippen LogP contribution in [0.15, 0.2) is 91.0 Å². The summed E-state index contributed by atoms with van der Waals surface area (Å²) in [5.41, 5.74) is 2.34. The fourth-order valence-corrected chi connectivity index (χ4v) is 2.73. The number of amides is 1. The molecule has 0 saturated heterocycles. The lowest BCUT2D eigenvalue weighted by atomic mass is 10.0. The molecule has 27 heavy (non-hydrogen) atoms. The van der Waals surface area contributed by atoms with Gasteiger partial charge in [-0.2, -0.15) is 0 Å².